The van der Waals surface area contributed by atoms with Gasteiger partial charge in [0, 0.05) is 32.4 Å². The first kappa shape index (κ1) is 49.8. The van der Waals surface area contributed by atoms with Crippen LogP contribution in [0.3, 0.4) is 0 Å². The lowest BCUT2D eigenvalue weighted by atomic mass is 9.82. The fraction of sp³-hybridized carbons (Fsp3) is 0.860. The summed E-state index contributed by atoms with van der Waals surface area (Å²) in [4.78, 5) is 29.5. The summed E-state index contributed by atoms with van der Waals surface area (Å²) < 4.78 is 50.0. The number of ether oxygens (including phenoxy) is 8. The van der Waals surface area contributed by atoms with Gasteiger partial charge >= 0.3 is 5.97 Å². The fourth-order valence-corrected chi connectivity index (χ4v) is 9.10. The van der Waals surface area contributed by atoms with E-state index < -0.39 is 110 Å². The largest absolute Gasteiger partial charge is 0.462 e. The summed E-state index contributed by atoms with van der Waals surface area (Å²) in [6.07, 6.45) is -1.56. The van der Waals surface area contributed by atoms with Crippen molar-refractivity contribution in [3.8, 4) is 0 Å². The van der Waals surface area contributed by atoms with Gasteiger partial charge < -0.3 is 72.9 Å². The van der Waals surface area contributed by atoms with Crippen LogP contribution in [-0.4, -0.2) is 181 Å². The molecule has 59 heavy (non-hydrogen) atoms. The number of hydrogen-bond donors (Lipinski definition) is 4. The quantitative estimate of drug-likeness (QED) is 0.175. The number of esters is 1. The number of carbonyl (C=O) groups excluding carboxylic acids is 2. The smallest absolute Gasteiger partial charge is 0.308 e. The van der Waals surface area contributed by atoms with Crippen LogP contribution < -0.4 is 0 Å². The number of hydrogen-bond acceptors (Lipinski definition) is 16. The molecule has 0 aromatic carbocycles. The molecule has 0 aromatic heterocycles. The van der Waals surface area contributed by atoms with Gasteiger partial charge in [-0.2, -0.15) is 0 Å². The van der Waals surface area contributed by atoms with Gasteiger partial charge in [-0.05, 0) is 93.9 Å². The van der Waals surface area contributed by atoms with Crippen LogP contribution in [0.25, 0.3) is 0 Å². The lowest BCUT2D eigenvalue weighted by Crippen LogP contribution is -2.65. The van der Waals surface area contributed by atoms with Crippen LogP contribution in [0.15, 0.2) is 24.3 Å². The Labute approximate surface area is 351 Å². The number of rotatable bonds is 11. The second-order valence-corrected chi connectivity index (χ2v) is 17.8. The Balaban J connectivity index is 1.66. The summed E-state index contributed by atoms with van der Waals surface area (Å²) in [7, 11) is 9.03. The first-order valence-corrected chi connectivity index (χ1v) is 21.3. The number of aliphatic hydroxyl groups is 4. The maximum atomic E-state index is 13.1. The van der Waals surface area contributed by atoms with E-state index in [2.05, 4.69) is 4.90 Å². The zero-order chi connectivity index (χ0) is 43.8. The molecule has 16 heteroatoms. The molecular weight excluding hydrogens is 768 g/mol. The Kier molecular flexibility index (Phi) is 18.9. The molecule has 4 aliphatic rings. The molecule has 16 nitrogen and oxygen atoms in total. The van der Waals surface area contributed by atoms with E-state index in [4.69, 9.17) is 37.9 Å². The summed E-state index contributed by atoms with van der Waals surface area (Å²) in [6.45, 7) is 10.8. The molecule has 3 saturated heterocycles. The van der Waals surface area contributed by atoms with E-state index in [0.29, 0.717) is 19.3 Å². The Morgan fingerprint density at radius 1 is 0.864 bits per heavy atom. The predicted molar refractivity (Wildman–Crippen MR) is 217 cm³/mol. The summed E-state index contributed by atoms with van der Waals surface area (Å²) >= 11 is 0. The van der Waals surface area contributed by atoms with Gasteiger partial charge in [-0.25, -0.2) is 0 Å². The molecule has 4 N–H and O–H groups in total. The Morgan fingerprint density at radius 3 is 2.17 bits per heavy atom. The molecule has 3 fully saturated rings. The van der Waals surface area contributed by atoms with Crippen LogP contribution in [0.1, 0.15) is 86.5 Å². The minimum absolute atomic E-state index is 0.00885. The molecule has 4 aliphatic heterocycles. The van der Waals surface area contributed by atoms with Crippen molar-refractivity contribution in [2.45, 2.75) is 190 Å². The number of methoxy groups -OCH3 is 1. The summed E-state index contributed by atoms with van der Waals surface area (Å²) in [5.74, 6) is -1.47. The van der Waals surface area contributed by atoms with Gasteiger partial charge in [-0.3, -0.25) is 4.79 Å². The van der Waals surface area contributed by atoms with Gasteiger partial charge in [-0.1, -0.05) is 31.2 Å². The van der Waals surface area contributed by atoms with Crippen molar-refractivity contribution >= 4 is 12.3 Å². The van der Waals surface area contributed by atoms with Crippen LogP contribution in [0.2, 0.25) is 0 Å². The lowest BCUT2D eigenvalue weighted by Gasteiger charge is -2.50. The van der Waals surface area contributed by atoms with E-state index in [1.165, 1.54) is 14.0 Å². The van der Waals surface area contributed by atoms with E-state index in [-0.39, 0.29) is 30.9 Å². The first-order chi connectivity index (χ1) is 27.8. The SMILES string of the molecule is CO[C@@H]1[C@@H](O[C@@H]2O[C@H](C)C(O[C@H]3C[C@@](C)(O)[C@@H](O)C(C)O3)[C@@H](N(C)C)[C@H]2O)[C@@H](CC=O)C[C@@H](C)[C@@H](O[C@H]2CC[C@H](N(C)C)[C@@H](C)O2)C=CC=CC[C@@H](C)OC(=O)C[C@H]1O. The van der Waals surface area contributed by atoms with Crippen molar-refractivity contribution < 1.29 is 67.9 Å². The van der Waals surface area contributed by atoms with Crippen LogP contribution in [0.5, 0.6) is 0 Å². The molecule has 0 amide bonds. The number of carbonyl (C=O) groups is 2. The van der Waals surface area contributed by atoms with E-state index in [9.17, 15) is 30.0 Å². The normalized spacial score (nSPS) is 44.7. The maximum Gasteiger partial charge on any atom is 0.308 e. The van der Waals surface area contributed by atoms with Crippen molar-refractivity contribution in [3.05, 3.63) is 24.3 Å². The van der Waals surface area contributed by atoms with E-state index >= 15 is 0 Å². The summed E-state index contributed by atoms with van der Waals surface area (Å²) in [5.41, 5.74) is -1.47. The summed E-state index contributed by atoms with van der Waals surface area (Å²) in [5, 5.41) is 45.1. The number of aldehydes is 1. The number of likely N-dealkylation sites (N-methyl/N-ethyl adjacent to an activating group) is 2. The molecule has 2 unspecified atom stereocenters. The predicted octanol–water partition coefficient (Wildman–Crippen LogP) is 2.33. The Hall–Kier alpha value is -1.90. The van der Waals surface area contributed by atoms with E-state index in [0.717, 1.165) is 12.7 Å². The Bertz CT molecular complexity index is 1370. The molecule has 0 spiro atoms. The summed E-state index contributed by atoms with van der Waals surface area (Å²) in [6, 6.07) is -0.466. The Morgan fingerprint density at radius 2 is 1.56 bits per heavy atom. The van der Waals surface area contributed by atoms with Crippen molar-refractivity contribution in [2.75, 3.05) is 35.3 Å². The van der Waals surface area contributed by atoms with Crippen molar-refractivity contribution in [2.24, 2.45) is 11.8 Å². The molecular formula is C43H74N2O14. The molecule has 0 aliphatic carbocycles. The van der Waals surface area contributed by atoms with Crippen LogP contribution >= 0.6 is 0 Å². The molecule has 4 rings (SSSR count). The number of allylic oxidation sites excluding steroid dienone is 2. The highest BCUT2D eigenvalue weighted by molar-refractivity contribution is 5.70. The molecule has 340 valence electrons. The highest BCUT2D eigenvalue weighted by Gasteiger charge is 2.52. The van der Waals surface area contributed by atoms with Crippen molar-refractivity contribution in [3.63, 3.8) is 0 Å². The van der Waals surface area contributed by atoms with E-state index in [1.54, 1.807) is 39.8 Å². The second kappa shape index (κ2) is 22.5. The number of cyclic esters (lactones) is 1. The molecule has 0 aromatic rings. The van der Waals surface area contributed by atoms with Gasteiger partial charge in [0.1, 0.15) is 36.8 Å². The van der Waals surface area contributed by atoms with Crippen molar-refractivity contribution in [1.29, 1.82) is 0 Å². The third-order valence-corrected chi connectivity index (χ3v) is 12.4. The molecule has 0 bridgehead atoms. The minimum atomic E-state index is -1.47. The maximum absolute atomic E-state index is 13.1. The fourth-order valence-electron chi connectivity index (χ4n) is 9.10. The number of nitrogens with zero attached hydrogens (tertiary/aromatic N) is 2. The van der Waals surface area contributed by atoms with Gasteiger partial charge in [0.05, 0.1) is 54.7 Å². The first-order valence-electron chi connectivity index (χ1n) is 21.3. The van der Waals surface area contributed by atoms with Gasteiger partial charge in [-0.15, -0.1) is 0 Å². The third kappa shape index (κ3) is 13.3. The average molecular weight is 843 g/mol. The van der Waals surface area contributed by atoms with Crippen LogP contribution in [0.4, 0.5) is 0 Å². The van der Waals surface area contributed by atoms with Gasteiger partial charge in [0.25, 0.3) is 0 Å². The molecule has 4 heterocycles. The van der Waals surface area contributed by atoms with E-state index in [1.807, 2.05) is 52.2 Å². The second-order valence-electron chi connectivity index (χ2n) is 17.8. The monoisotopic (exact) mass is 843 g/mol. The van der Waals surface area contributed by atoms with Crippen molar-refractivity contribution in [1.82, 2.24) is 9.80 Å². The van der Waals surface area contributed by atoms with Gasteiger partial charge in [0.15, 0.2) is 18.9 Å². The zero-order valence-electron chi connectivity index (χ0n) is 37.0. The van der Waals surface area contributed by atoms with Crippen LogP contribution in [0, 0.1) is 11.8 Å². The highest BCUT2D eigenvalue weighted by atomic mass is 16.7. The lowest BCUT2D eigenvalue weighted by molar-refractivity contribution is -0.344. The molecule has 0 saturated carbocycles. The highest BCUT2D eigenvalue weighted by Crippen LogP contribution is 2.37. The average Bonchev–Trinajstić information content (AvgIpc) is 3.13. The minimum Gasteiger partial charge on any atom is -0.462 e. The standard InChI is InChI=1S/C43H74N2O14/c1-24-21-29(19-20-46)39(59-42-37(49)36(45(9)10)38(27(4)56-42)58-35-23-43(6,51)41(50)28(5)55-35)40(52-11)31(47)22-33(48)53-25(2)15-13-12-14-16-32(24)57-34-18-17-30(44(7)8)26(3)54-34/h12-14,16,20,24-32,34-42,47,49-51H,15,17-19,21-23H2,1-11H3/t24-,25-,26-,27-,28?,29+,30+,31-,32+,34+,35+,36+,37-,38?,39+,40+,41+,42+,43-/m1/s1. The number of aliphatic hydroxyl groups excluding tert-OH is 3. The van der Waals surface area contributed by atoms with Gasteiger partial charge in [0.2, 0.25) is 0 Å². The topological polar surface area (TPSA) is 195 Å². The molecule has 0 radical (unpaired) electrons. The molecule has 19 atom stereocenters. The van der Waals surface area contributed by atoms with Crippen LogP contribution in [-0.2, 0) is 47.5 Å². The third-order valence-electron chi connectivity index (χ3n) is 12.4. The zero-order valence-corrected chi connectivity index (χ0v) is 37.0.